The van der Waals surface area contributed by atoms with E-state index in [-0.39, 0.29) is 17.6 Å². The second-order valence-electron chi connectivity index (χ2n) is 6.10. The number of carbonyl (C=O) groups excluding carboxylic acids is 2. The smallest absolute Gasteiger partial charge is 0.251 e. The van der Waals surface area contributed by atoms with Crippen LogP contribution in [0.15, 0.2) is 24.3 Å². The summed E-state index contributed by atoms with van der Waals surface area (Å²) in [6, 6.07) is 5.72. The Hall–Kier alpha value is -1.95. The van der Waals surface area contributed by atoms with Crippen molar-refractivity contribution in [3.63, 3.8) is 0 Å². The first-order chi connectivity index (χ1) is 11.6. The lowest BCUT2D eigenvalue weighted by Gasteiger charge is -2.28. The highest BCUT2D eigenvalue weighted by atomic mass is 19.1. The van der Waals surface area contributed by atoms with Crippen molar-refractivity contribution in [2.45, 2.75) is 38.6 Å². The highest BCUT2D eigenvalue weighted by Crippen LogP contribution is 2.12. The average molecular weight is 335 g/mol. The Morgan fingerprint density at radius 2 is 2.08 bits per heavy atom. The topological polar surface area (TPSA) is 61.4 Å². The summed E-state index contributed by atoms with van der Waals surface area (Å²) in [6.45, 7) is 5.13. The quantitative estimate of drug-likeness (QED) is 0.714. The van der Waals surface area contributed by atoms with Gasteiger partial charge >= 0.3 is 0 Å². The van der Waals surface area contributed by atoms with Gasteiger partial charge in [-0.05, 0) is 50.1 Å². The highest BCUT2D eigenvalue weighted by Gasteiger charge is 2.25. The summed E-state index contributed by atoms with van der Waals surface area (Å²) < 4.78 is 12.8. The number of amides is 2. The molecule has 2 N–H and O–H groups in total. The molecule has 24 heavy (non-hydrogen) atoms. The van der Waals surface area contributed by atoms with E-state index in [1.807, 2.05) is 4.90 Å². The minimum Gasteiger partial charge on any atom is -0.352 e. The van der Waals surface area contributed by atoms with Crippen LogP contribution in [0.3, 0.4) is 0 Å². The number of hydrogen-bond acceptors (Lipinski definition) is 3. The van der Waals surface area contributed by atoms with E-state index in [9.17, 15) is 14.0 Å². The molecule has 0 aliphatic carbocycles. The molecule has 0 bridgehead atoms. The van der Waals surface area contributed by atoms with Gasteiger partial charge in [-0.3, -0.25) is 9.59 Å². The summed E-state index contributed by atoms with van der Waals surface area (Å²) in [5.41, 5.74) is 0.423. The summed E-state index contributed by atoms with van der Waals surface area (Å²) in [4.78, 5) is 26.3. The zero-order valence-electron chi connectivity index (χ0n) is 14.2. The van der Waals surface area contributed by atoms with Gasteiger partial charge in [0.1, 0.15) is 5.82 Å². The molecule has 1 aliphatic rings. The van der Waals surface area contributed by atoms with E-state index in [2.05, 4.69) is 17.6 Å². The molecule has 132 valence electrons. The van der Waals surface area contributed by atoms with Crippen molar-refractivity contribution in [1.29, 1.82) is 0 Å². The molecule has 1 aromatic rings. The molecule has 1 aromatic carbocycles. The van der Waals surface area contributed by atoms with Crippen LogP contribution in [-0.4, -0.2) is 48.9 Å². The van der Waals surface area contributed by atoms with Gasteiger partial charge in [-0.25, -0.2) is 4.39 Å². The molecule has 1 atom stereocenters. The fraction of sp³-hybridized carbons (Fsp3) is 0.556. The third-order valence-corrected chi connectivity index (χ3v) is 4.22. The number of hydrogen-bond donors (Lipinski definition) is 2. The molecule has 0 aromatic heterocycles. The van der Waals surface area contributed by atoms with Gasteiger partial charge < -0.3 is 15.5 Å². The number of benzene rings is 1. The molecule has 0 spiro atoms. The van der Waals surface area contributed by atoms with Crippen LogP contribution in [0.25, 0.3) is 0 Å². The molecule has 2 amide bonds. The zero-order valence-corrected chi connectivity index (χ0v) is 14.2. The standard InChI is InChI=1S/C18H26FN3O2/c1-2-12-22(16-9-11-20-13-16)17(23)4-3-10-21-18(24)14-5-7-15(19)8-6-14/h5-8,16,20H,2-4,9-13H2,1H3,(H,21,24). The summed E-state index contributed by atoms with van der Waals surface area (Å²) in [6.07, 6.45) is 2.99. The molecule has 0 saturated carbocycles. The van der Waals surface area contributed by atoms with E-state index >= 15 is 0 Å². The first kappa shape index (κ1) is 18.4. The van der Waals surface area contributed by atoms with Gasteiger partial charge in [0.05, 0.1) is 0 Å². The van der Waals surface area contributed by atoms with Crippen molar-refractivity contribution in [2.24, 2.45) is 0 Å². The fourth-order valence-corrected chi connectivity index (χ4v) is 2.95. The largest absolute Gasteiger partial charge is 0.352 e. The predicted molar refractivity (Wildman–Crippen MR) is 91.2 cm³/mol. The minimum atomic E-state index is -0.366. The van der Waals surface area contributed by atoms with Crippen molar-refractivity contribution in [3.05, 3.63) is 35.6 Å². The zero-order chi connectivity index (χ0) is 17.4. The Morgan fingerprint density at radius 1 is 1.33 bits per heavy atom. The number of nitrogens with one attached hydrogen (secondary N) is 2. The van der Waals surface area contributed by atoms with Crippen LogP contribution in [0, 0.1) is 5.82 Å². The van der Waals surface area contributed by atoms with Crippen LogP contribution in [0.1, 0.15) is 43.0 Å². The van der Waals surface area contributed by atoms with Crippen LogP contribution in [-0.2, 0) is 4.79 Å². The minimum absolute atomic E-state index is 0.154. The van der Waals surface area contributed by atoms with E-state index in [1.165, 1.54) is 24.3 Å². The Bertz CT molecular complexity index is 542. The lowest BCUT2D eigenvalue weighted by Crippen LogP contribution is -2.42. The van der Waals surface area contributed by atoms with Crippen LogP contribution in [0.4, 0.5) is 4.39 Å². The summed E-state index contributed by atoms with van der Waals surface area (Å²) in [5.74, 6) is -0.455. The van der Waals surface area contributed by atoms with Gasteiger partial charge in [0, 0.05) is 37.7 Å². The molecule has 1 unspecified atom stereocenters. The predicted octanol–water partition coefficient (Wildman–Crippen LogP) is 1.94. The highest BCUT2D eigenvalue weighted by molar-refractivity contribution is 5.94. The number of carbonyl (C=O) groups is 2. The second-order valence-corrected chi connectivity index (χ2v) is 6.10. The normalized spacial score (nSPS) is 16.8. The van der Waals surface area contributed by atoms with Crippen molar-refractivity contribution in [1.82, 2.24) is 15.5 Å². The maximum atomic E-state index is 12.8. The molecule has 1 aliphatic heterocycles. The van der Waals surface area contributed by atoms with Gasteiger partial charge in [0.25, 0.3) is 5.91 Å². The van der Waals surface area contributed by atoms with E-state index in [0.29, 0.717) is 31.0 Å². The Kier molecular flexibility index (Phi) is 7.18. The fourth-order valence-electron chi connectivity index (χ4n) is 2.95. The molecule has 2 rings (SSSR count). The van der Waals surface area contributed by atoms with Crippen LogP contribution < -0.4 is 10.6 Å². The second kappa shape index (κ2) is 9.37. The van der Waals surface area contributed by atoms with Gasteiger partial charge in [-0.1, -0.05) is 6.92 Å². The van der Waals surface area contributed by atoms with Gasteiger partial charge in [0.2, 0.25) is 5.91 Å². The number of rotatable bonds is 8. The summed E-state index contributed by atoms with van der Waals surface area (Å²) in [7, 11) is 0. The van der Waals surface area contributed by atoms with E-state index < -0.39 is 0 Å². The third-order valence-electron chi connectivity index (χ3n) is 4.22. The van der Waals surface area contributed by atoms with Crippen molar-refractivity contribution in [3.8, 4) is 0 Å². The Labute approximate surface area is 142 Å². The SMILES string of the molecule is CCCN(C(=O)CCCNC(=O)c1ccc(F)cc1)C1CCNC1. The van der Waals surface area contributed by atoms with Crippen LogP contribution in [0.2, 0.25) is 0 Å². The first-order valence-corrected chi connectivity index (χ1v) is 8.65. The molecule has 1 fully saturated rings. The third kappa shape index (κ3) is 5.30. The van der Waals surface area contributed by atoms with Crippen molar-refractivity contribution in [2.75, 3.05) is 26.2 Å². The van der Waals surface area contributed by atoms with Crippen molar-refractivity contribution < 1.29 is 14.0 Å². The molecule has 1 saturated heterocycles. The molecule has 1 heterocycles. The molecule has 6 heteroatoms. The monoisotopic (exact) mass is 335 g/mol. The maximum Gasteiger partial charge on any atom is 0.251 e. The molecular formula is C18H26FN3O2. The molecular weight excluding hydrogens is 309 g/mol. The van der Waals surface area contributed by atoms with E-state index in [4.69, 9.17) is 0 Å². The Morgan fingerprint density at radius 3 is 2.71 bits per heavy atom. The lowest BCUT2D eigenvalue weighted by molar-refractivity contribution is -0.133. The Balaban J connectivity index is 1.72. The number of halogens is 1. The van der Waals surface area contributed by atoms with E-state index in [1.54, 1.807) is 0 Å². The average Bonchev–Trinajstić information content (AvgIpc) is 3.11. The van der Waals surface area contributed by atoms with Crippen LogP contribution >= 0.6 is 0 Å². The van der Waals surface area contributed by atoms with Gasteiger partial charge in [0.15, 0.2) is 0 Å². The first-order valence-electron chi connectivity index (χ1n) is 8.65. The van der Waals surface area contributed by atoms with Gasteiger partial charge in [-0.15, -0.1) is 0 Å². The van der Waals surface area contributed by atoms with Gasteiger partial charge in [-0.2, -0.15) is 0 Å². The maximum absolute atomic E-state index is 12.8. The van der Waals surface area contributed by atoms with Crippen molar-refractivity contribution >= 4 is 11.8 Å². The molecule has 5 nitrogen and oxygen atoms in total. The number of nitrogens with zero attached hydrogens (tertiary/aromatic N) is 1. The lowest BCUT2D eigenvalue weighted by atomic mass is 10.1. The summed E-state index contributed by atoms with van der Waals surface area (Å²) >= 11 is 0. The molecule has 0 radical (unpaired) electrons. The summed E-state index contributed by atoms with van der Waals surface area (Å²) in [5, 5.41) is 6.06. The van der Waals surface area contributed by atoms with Crippen LogP contribution in [0.5, 0.6) is 0 Å². The van der Waals surface area contributed by atoms with E-state index in [0.717, 1.165) is 32.5 Å².